The number of hydrogen-bond acceptors (Lipinski definition) is 5. The average Bonchev–Trinajstić information content (AvgIpc) is 3.88. The maximum Gasteiger partial charge on any atom is 0.247 e. The van der Waals surface area contributed by atoms with E-state index in [9.17, 15) is 27.2 Å². The van der Waals surface area contributed by atoms with Crippen molar-refractivity contribution in [2.75, 3.05) is 37.8 Å². The van der Waals surface area contributed by atoms with E-state index in [0.29, 0.717) is 49.3 Å². The largest absolute Gasteiger partial charge is 0.488 e. The van der Waals surface area contributed by atoms with Crippen LogP contribution in [0.3, 0.4) is 0 Å². The number of benzene rings is 3. The Labute approximate surface area is 264 Å². The number of carbonyl (C=O) groups is 2. The van der Waals surface area contributed by atoms with Crippen molar-refractivity contribution in [2.24, 2.45) is 0 Å². The maximum atomic E-state index is 14.1. The third-order valence-corrected chi connectivity index (χ3v) is 8.24. The van der Waals surface area contributed by atoms with E-state index < -0.39 is 35.9 Å². The normalized spacial score (nSPS) is 16.6. The molecule has 45 heavy (non-hydrogen) atoms. The summed E-state index contributed by atoms with van der Waals surface area (Å²) in [4.78, 5) is 30.5. The molecule has 2 N–H and O–H groups in total. The van der Waals surface area contributed by atoms with E-state index >= 15 is 0 Å². The van der Waals surface area contributed by atoms with E-state index in [0.717, 1.165) is 35.6 Å². The van der Waals surface area contributed by atoms with Crippen LogP contribution in [0.4, 0.5) is 23.2 Å². The van der Waals surface area contributed by atoms with Gasteiger partial charge in [0.15, 0.2) is 17.4 Å². The van der Waals surface area contributed by atoms with Crippen molar-refractivity contribution >= 4 is 29.1 Å². The number of hydrogen-bond donors (Lipinski definition) is 2. The van der Waals surface area contributed by atoms with Crippen molar-refractivity contribution < 1.29 is 31.9 Å². The molecule has 0 radical (unpaired) electrons. The molecule has 3 aromatic carbocycles. The Bertz CT molecular complexity index is 1510. The molecular weight excluding hydrogens is 612 g/mol. The first kappa shape index (κ1) is 32.7. The van der Waals surface area contributed by atoms with E-state index in [1.54, 1.807) is 23.1 Å². The molecule has 1 aliphatic heterocycles. The lowest BCUT2D eigenvalue weighted by atomic mass is 10.1. The second-order valence-corrected chi connectivity index (χ2v) is 11.6. The Morgan fingerprint density at radius 3 is 2.51 bits per heavy atom. The standard InChI is InChI=1S/C33H35ClF4N4O3/c34-26-10-5-22(17-39-14-13-35)16-23(26)20-41(24-8-9-24)33(44)29-18-40-19-30(43)42(29)25-6-3-21(4-7-25)2-1-15-45-32-28(37)12-11-27(36)31(32)38/h3-7,10-12,16,24,29,39-40H,1-2,8-9,13-15,17-20H2/t29-/m1/s1. The average molecular weight is 647 g/mol. The fraction of sp³-hybridized carbons (Fsp3) is 0.394. The molecule has 1 heterocycles. The number of carbonyl (C=O) groups excluding carboxylic acids is 2. The van der Waals surface area contributed by atoms with Gasteiger partial charge in [0.25, 0.3) is 0 Å². The van der Waals surface area contributed by atoms with Crippen LogP contribution in [0.2, 0.25) is 5.02 Å². The number of nitrogens with one attached hydrogen (secondary N) is 2. The highest BCUT2D eigenvalue weighted by Gasteiger charge is 2.41. The van der Waals surface area contributed by atoms with Crippen LogP contribution in [0.25, 0.3) is 0 Å². The third-order valence-electron chi connectivity index (χ3n) is 7.87. The highest BCUT2D eigenvalue weighted by Crippen LogP contribution is 2.32. The summed E-state index contributed by atoms with van der Waals surface area (Å²) >= 11 is 6.52. The van der Waals surface area contributed by atoms with Crippen molar-refractivity contribution in [1.82, 2.24) is 15.5 Å². The number of rotatable bonds is 14. The number of ether oxygens (including phenoxy) is 1. The smallest absolute Gasteiger partial charge is 0.247 e. The molecule has 1 aliphatic carbocycles. The van der Waals surface area contributed by atoms with Crippen LogP contribution in [0, 0.1) is 17.5 Å². The molecular formula is C33H35ClF4N4O3. The van der Waals surface area contributed by atoms with E-state index in [1.165, 1.54) is 4.90 Å². The summed E-state index contributed by atoms with van der Waals surface area (Å²) in [5.74, 6) is -4.65. The zero-order valence-corrected chi connectivity index (χ0v) is 25.4. The Balaban J connectivity index is 1.24. The Morgan fingerprint density at radius 1 is 1.04 bits per heavy atom. The van der Waals surface area contributed by atoms with E-state index in [2.05, 4.69) is 10.6 Å². The fourth-order valence-electron chi connectivity index (χ4n) is 5.41. The highest BCUT2D eigenvalue weighted by atomic mass is 35.5. The number of amides is 2. The molecule has 12 heteroatoms. The van der Waals surface area contributed by atoms with E-state index in [4.69, 9.17) is 16.3 Å². The zero-order valence-electron chi connectivity index (χ0n) is 24.6. The first-order valence-corrected chi connectivity index (χ1v) is 15.4. The van der Waals surface area contributed by atoms with Crippen LogP contribution in [0.1, 0.15) is 36.0 Å². The minimum atomic E-state index is -1.36. The summed E-state index contributed by atoms with van der Waals surface area (Å²) in [6.07, 6.45) is 2.65. The molecule has 7 nitrogen and oxygen atoms in total. The number of nitrogens with zero attached hydrogens (tertiary/aromatic N) is 2. The van der Waals surface area contributed by atoms with Crippen molar-refractivity contribution in [3.05, 3.63) is 93.8 Å². The van der Waals surface area contributed by atoms with Gasteiger partial charge in [-0.3, -0.25) is 14.5 Å². The van der Waals surface area contributed by atoms with Gasteiger partial charge >= 0.3 is 0 Å². The first-order chi connectivity index (χ1) is 21.8. The van der Waals surface area contributed by atoms with Gasteiger partial charge in [-0.05, 0) is 72.7 Å². The van der Waals surface area contributed by atoms with Gasteiger partial charge < -0.3 is 20.3 Å². The van der Waals surface area contributed by atoms with Crippen molar-refractivity contribution in [3.63, 3.8) is 0 Å². The van der Waals surface area contributed by atoms with Crippen molar-refractivity contribution in [1.29, 1.82) is 0 Å². The Kier molecular flexibility index (Phi) is 11.0. The van der Waals surface area contributed by atoms with Gasteiger partial charge in [-0.1, -0.05) is 35.9 Å². The van der Waals surface area contributed by atoms with Crippen molar-refractivity contribution in [3.8, 4) is 5.75 Å². The lowest BCUT2D eigenvalue weighted by molar-refractivity contribution is -0.136. The molecule has 1 saturated heterocycles. The molecule has 2 amide bonds. The topological polar surface area (TPSA) is 73.9 Å². The molecule has 2 fully saturated rings. The van der Waals surface area contributed by atoms with Crippen LogP contribution >= 0.6 is 11.6 Å². The van der Waals surface area contributed by atoms with Crippen LogP contribution < -0.4 is 20.3 Å². The Hall–Kier alpha value is -3.67. The summed E-state index contributed by atoms with van der Waals surface area (Å²) in [6.45, 7) is 0.923. The monoisotopic (exact) mass is 646 g/mol. The van der Waals surface area contributed by atoms with Crippen LogP contribution in [0.15, 0.2) is 54.6 Å². The fourth-order valence-corrected chi connectivity index (χ4v) is 5.59. The molecule has 3 aromatic rings. The highest BCUT2D eigenvalue weighted by molar-refractivity contribution is 6.31. The van der Waals surface area contributed by atoms with Gasteiger partial charge in [0, 0.05) is 42.9 Å². The number of piperazine rings is 1. The summed E-state index contributed by atoms with van der Waals surface area (Å²) in [5.41, 5.74) is 3.19. The predicted octanol–water partition coefficient (Wildman–Crippen LogP) is 5.32. The van der Waals surface area contributed by atoms with Crippen LogP contribution in [-0.4, -0.2) is 61.7 Å². The molecule has 240 valence electrons. The minimum Gasteiger partial charge on any atom is -0.488 e. The first-order valence-electron chi connectivity index (χ1n) is 15.0. The van der Waals surface area contributed by atoms with Gasteiger partial charge in [-0.25, -0.2) is 13.2 Å². The molecule has 0 unspecified atom stereocenters. The molecule has 1 atom stereocenters. The van der Waals surface area contributed by atoms with E-state index in [1.807, 2.05) is 24.3 Å². The lowest BCUT2D eigenvalue weighted by Gasteiger charge is -2.38. The molecule has 0 spiro atoms. The molecule has 0 bridgehead atoms. The summed E-state index contributed by atoms with van der Waals surface area (Å²) in [6, 6.07) is 13.6. The van der Waals surface area contributed by atoms with Gasteiger partial charge in [0.1, 0.15) is 12.7 Å². The Morgan fingerprint density at radius 2 is 1.78 bits per heavy atom. The number of halogens is 5. The van der Waals surface area contributed by atoms with Gasteiger partial charge in [0.05, 0.1) is 13.2 Å². The SMILES string of the molecule is O=C([C@H]1CNCC(=O)N1c1ccc(CCCOc2c(F)ccc(F)c2F)cc1)N(Cc1cc(CNCCF)ccc1Cl)C1CC1. The molecule has 0 aromatic heterocycles. The number of anilines is 1. The van der Waals surface area contributed by atoms with E-state index in [-0.39, 0.29) is 37.6 Å². The second-order valence-electron chi connectivity index (χ2n) is 11.2. The quantitative estimate of drug-likeness (QED) is 0.141. The lowest BCUT2D eigenvalue weighted by Crippen LogP contribution is -2.61. The van der Waals surface area contributed by atoms with Gasteiger partial charge in [0.2, 0.25) is 17.6 Å². The second kappa shape index (κ2) is 15.1. The zero-order chi connectivity index (χ0) is 31.9. The molecule has 1 saturated carbocycles. The third kappa shape index (κ3) is 8.14. The summed E-state index contributed by atoms with van der Waals surface area (Å²) in [7, 11) is 0. The maximum absolute atomic E-state index is 14.1. The molecule has 5 rings (SSSR count). The van der Waals surface area contributed by atoms with Gasteiger partial charge in [-0.2, -0.15) is 4.39 Å². The number of aryl methyl sites for hydroxylation is 1. The molecule has 2 aliphatic rings. The summed E-state index contributed by atoms with van der Waals surface area (Å²) in [5, 5.41) is 6.62. The minimum absolute atomic E-state index is 0.0239. The van der Waals surface area contributed by atoms with Crippen LogP contribution in [0.5, 0.6) is 5.75 Å². The van der Waals surface area contributed by atoms with Crippen molar-refractivity contribution in [2.45, 2.75) is 50.9 Å². The number of alkyl halides is 1. The predicted molar refractivity (Wildman–Crippen MR) is 163 cm³/mol. The summed E-state index contributed by atoms with van der Waals surface area (Å²) < 4.78 is 58.7. The van der Waals surface area contributed by atoms with Gasteiger partial charge in [-0.15, -0.1) is 0 Å². The van der Waals surface area contributed by atoms with Crippen LogP contribution in [-0.2, 0) is 29.1 Å².